The van der Waals surface area contributed by atoms with Crippen LogP contribution >= 0.6 is 11.8 Å². The van der Waals surface area contributed by atoms with E-state index in [4.69, 9.17) is 4.98 Å². The molecule has 1 amide bonds. The molecule has 0 fully saturated rings. The molecule has 30 heavy (non-hydrogen) atoms. The van der Waals surface area contributed by atoms with Gasteiger partial charge in [0, 0.05) is 12.7 Å². The predicted octanol–water partition coefficient (Wildman–Crippen LogP) is 4.82. The maximum Gasteiger partial charge on any atom is 0.261 e. The summed E-state index contributed by atoms with van der Waals surface area (Å²) in [4.78, 5) is 30.4. The number of amides is 1. The van der Waals surface area contributed by atoms with Crippen LogP contribution in [0.5, 0.6) is 0 Å². The molecule has 4 rings (SSSR count). The number of carbonyl (C=O) groups is 1. The number of aromatic nitrogens is 2. The molecular weight excluding hydrogens is 394 g/mol. The third kappa shape index (κ3) is 3.83. The highest BCUT2D eigenvalue weighted by Gasteiger charge is 2.19. The fourth-order valence-corrected chi connectivity index (χ4v) is 4.23. The highest BCUT2D eigenvalue weighted by molar-refractivity contribution is 8.00. The Labute approximate surface area is 179 Å². The van der Waals surface area contributed by atoms with Gasteiger partial charge in [0.2, 0.25) is 5.91 Å². The number of nitrogens with one attached hydrogen (secondary N) is 1. The van der Waals surface area contributed by atoms with Crippen LogP contribution < -0.4 is 10.9 Å². The summed E-state index contributed by atoms with van der Waals surface area (Å²) in [5.41, 5.74) is 3.42. The first-order valence-corrected chi connectivity index (χ1v) is 10.7. The molecule has 0 unspecified atom stereocenters. The molecule has 0 spiro atoms. The number of hydrogen-bond donors (Lipinski definition) is 1. The largest absolute Gasteiger partial charge is 0.325 e. The smallest absolute Gasteiger partial charge is 0.261 e. The lowest BCUT2D eigenvalue weighted by atomic mass is 10.1. The fraction of sp³-hybridized carbons (Fsp3) is 0.208. The second-order valence-electron chi connectivity index (χ2n) is 7.54. The summed E-state index contributed by atoms with van der Waals surface area (Å²) in [6, 6.07) is 17.7. The summed E-state index contributed by atoms with van der Waals surface area (Å²) in [6.07, 6.45) is 0. The van der Waals surface area contributed by atoms with Crippen molar-refractivity contribution in [3.05, 3.63) is 76.1 Å². The number of thioether (sulfide) groups is 1. The number of aryl methyl sites for hydroxylation is 2. The van der Waals surface area contributed by atoms with Crippen LogP contribution in [0.2, 0.25) is 0 Å². The van der Waals surface area contributed by atoms with Crippen molar-refractivity contribution in [3.8, 4) is 0 Å². The Hall–Kier alpha value is -3.12. The Bertz CT molecular complexity index is 1340. The van der Waals surface area contributed by atoms with Crippen molar-refractivity contribution < 1.29 is 4.79 Å². The van der Waals surface area contributed by atoms with Crippen LogP contribution in [0.25, 0.3) is 21.7 Å². The molecule has 0 radical (unpaired) electrons. The SMILES string of the molecule is Cc1ccc(C)c(NC(=O)[C@@H](C)Sc2nc3cc4ccccc4cc3c(=O)n2C)c1. The zero-order valence-corrected chi connectivity index (χ0v) is 18.2. The van der Waals surface area contributed by atoms with Crippen LogP contribution in [0.4, 0.5) is 5.69 Å². The molecular formula is C24H23N3O2S. The van der Waals surface area contributed by atoms with E-state index in [0.717, 1.165) is 27.6 Å². The molecule has 0 bridgehead atoms. The van der Waals surface area contributed by atoms with Crippen molar-refractivity contribution in [1.29, 1.82) is 0 Å². The number of carbonyl (C=O) groups excluding carboxylic acids is 1. The van der Waals surface area contributed by atoms with Crippen molar-refractivity contribution in [2.45, 2.75) is 31.2 Å². The molecule has 1 aromatic heterocycles. The normalized spacial score (nSPS) is 12.3. The van der Waals surface area contributed by atoms with Crippen LogP contribution in [-0.4, -0.2) is 20.7 Å². The van der Waals surface area contributed by atoms with Gasteiger partial charge in [-0.15, -0.1) is 0 Å². The number of hydrogen-bond acceptors (Lipinski definition) is 4. The number of benzene rings is 3. The number of rotatable bonds is 4. The number of nitrogens with zero attached hydrogens (tertiary/aromatic N) is 2. The Morgan fingerprint density at radius 1 is 1.07 bits per heavy atom. The van der Waals surface area contributed by atoms with Crippen LogP contribution in [0.3, 0.4) is 0 Å². The van der Waals surface area contributed by atoms with Crippen molar-refractivity contribution in [3.63, 3.8) is 0 Å². The molecule has 5 nitrogen and oxygen atoms in total. The first-order valence-electron chi connectivity index (χ1n) is 9.78. The first-order chi connectivity index (χ1) is 14.3. The van der Waals surface area contributed by atoms with Gasteiger partial charge in [-0.2, -0.15) is 0 Å². The zero-order valence-electron chi connectivity index (χ0n) is 17.4. The molecule has 0 saturated heterocycles. The van der Waals surface area contributed by atoms with E-state index in [9.17, 15) is 9.59 Å². The van der Waals surface area contributed by atoms with Gasteiger partial charge in [-0.25, -0.2) is 4.98 Å². The summed E-state index contributed by atoms with van der Waals surface area (Å²) in [7, 11) is 1.70. The van der Waals surface area contributed by atoms with Gasteiger partial charge < -0.3 is 5.32 Å². The molecule has 6 heteroatoms. The Morgan fingerprint density at radius 2 is 1.77 bits per heavy atom. The summed E-state index contributed by atoms with van der Waals surface area (Å²) < 4.78 is 1.52. The molecule has 1 heterocycles. The third-order valence-electron chi connectivity index (χ3n) is 5.20. The minimum atomic E-state index is -0.416. The lowest BCUT2D eigenvalue weighted by Crippen LogP contribution is -2.26. The molecule has 0 aliphatic carbocycles. The first kappa shape index (κ1) is 20.2. The van der Waals surface area contributed by atoms with E-state index in [1.807, 2.05) is 75.4 Å². The monoisotopic (exact) mass is 417 g/mol. The predicted molar refractivity (Wildman–Crippen MR) is 124 cm³/mol. The summed E-state index contributed by atoms with van der Waals surface area (Å²) in [5.74, 6) is -0.124. The van der Waals surface area contributed by atoms with Crippen LogP contribution in [0.15, 0.2) is 64.5 Å². The molecule has 1 N–H and O–H groups in total. The van der Waals surface area contributed by atoms with Crippen LogP contribution in [0, 0.1) is 13.8 Å². The van der Waals surface area contributed by atoms with E-state index in [-0.39, 0.29) is 11.5 Å². The zero-order chi connectivity index (χ0) is 21.4. The second kappa shape index (κ2) is 7.95. The van der Waals surface area contributed by atoms with Crippen LogP contribution in [0.1, 0.15) is 18.1 Å². The topological polar surface area (TPSA) is 64.0 Å². The second-order valence-corrected chi connectivity index (χ2v) is 8.85. The van der Waals surface area contributed by atoms with E-state index in [2.05, 4.69) is 5.32 Å². The van der Waals surface area contributed by atoms with Crippen molar-refractivity contribution in [2.75, 3.05) is 5.32 Å². The van der Waals surface area contributed by atoms with Gasteiger partial charge in [0.25, 0.3) is 5.56 Å². The summed E-state index contributed by atoms with van der Waals surface area (Å²) in [5, 5.41) is 5.71. The lowest BCUT2D eigenvalue weighted by molar-refractivity contribution is -0.115. The van der Waals surface area contributed by atoms with Gasteiger partial charge in [0.05, 0.1) is 16.2 Å². The molecule has 0 aliphatic rings. The maximum atomic E-state index is 12.9. The molecule has 152 valence electrons. The fourth-order valence-electron chi connectivity index (χ4n) is 3.36. The van der Waals surface area contributed by atoms with Gasteiger partial charge in [-0.1, -0.05) is 48.2 Å². The number of fused-ring (bicyclic) bond motifs is 2. The Morgan fingerprint density at radius 3 is 2.50 bits per heavy atom. The Balaban J connectivity index is 1.64. The van der Waals surface area contributed by atoms with Crippen LogP contribution in [-0.2, 0) is 11.8 Å². The van der Waals surface area contributed by atoms with Crippen molar-refractivity contribution >= 4 is 45.0 Å². The molecule has 4 aromatic rings. The quantitative estimate of drug-likeness (QED) is 0.294. The Kier molecular flexibility index (Phi) is 5.35. The maximum absolute atomic E-state index is 12.9. The summed E-state index contributed by atoms with van der Waals surface area (Å²) in [6.45, 7) is 5.78. The number of anilines is 1. The van der Waals surface area contributed by atoms with Gasteiger partial charge >= 0.3 is 0 Å². The lowest BCUT2D eigenvalue weighted by Gasteiger charge is -2.15. The van der Waals surface area contributed by atoms with E-state index < -0.39 is 5.25 Å². The molecule has 0 saturated carbocycles. The van der Waals surface area contributed by atoms with Gasteiger partial charge in [-0.05, 0) is 60.9 Å². The molecule has 3 aromatic carbocycles. The third-order valence-corrected chi connectivity index (χ3v) is 6.35. The summed E-state index contributed by atoms with van der Waals surface area (Å²) >= 11 is 1.28. The minimum absolute atomic E-state index is 0.115. The van der Waals surface area contributed by atoms with E-state index in [1.165, 1.54) is 16.3 Å². The van der Waals surface area contributed by atoms with Crippen molar-refractivity contribution in [1.82, 2.24) is 9.55 Å². The standard InChI is InChI=1S/C24H23N3O2S/c1-14-9-10-15(2)20(11-14)25-22(28)16(3)30-24-26-21-13-18-8-6-5-7-17(18)12-19(21)23(29)27(24)4/h5-13,16H,1-4H3,(H,25,28)/t16-/m1/s1. The average Bonchev–Trinajstić information content (AvgIpc) is 2.73. The van der Waals surface area contributed by atoms with E-state index >= 15 is 0 Å². The van der Waals surface area contributed by atoms with E-state index in [0.29, 0.717) is 16.1 Å². The molecule has 1 atom stereocenters. The van der Waals surface area contributed by atoms with Gasteiger partial charge in [0.1, 0.15) is 0 Å². The van der Waals surface area contributed by atoms with Gasteiger partial charge in [-0.3, -0.25) is 14.2 Å². The minimum Gasteiger partial charge on any atom is -0.325 e. The van der Waals surface area contributed by atoms with E-state index in [1.54, 1.807) is 7.05 Å². The van der Waals surface area contributed by atoms with Gasteiger partial charge in [0.15, 0.2) is 5.16 Å². The highest BCUT2D eigenvalue weighted by atomic mass is 32.2. The average molecular weight is 418 g/mol. The molecule has 0 aliphatic heterocycles. The highest BCUT2D eigenvalue weighted by Crippen LogP contribution is 2.26. The van der Waals surface area contributed by atoms with Crippen molar-refractivity contribution in [2.24, 2.45) is 7.05 Å².